The van der Waals surface area contributed by atoms with Crippen LogP contribution in [0.3, 0.4) is 0 Å². The molecule has 0 bridgehead atoms. The number of rotatable bonds is 7. The van der Waals surface area contributed by atoms with Crippen LogP contribution in [0.25, 0.3) is 11.4 Å². The average Bonchev–Trinajstić information content (AvgIpc) is 3.24. The molecule has 1 aliphatic rings. The first-order chi connectivity index (χ1) is 15.6. The van der Waals surface area contributed by atoms with E-state index in [1.807, 2.05) is 36.4 Å². The van der Waals surface area contributed by atoms with Crippen molar-refractivity contribution in [3.63, 3.8) is 0 Å². The summed E-state index contributed by atoms with van der Waals surface area (Å²) in [5.74, 6) is 0.917. The van der Waals surface area contributed by atoms with Crippen LogP contribution in [0.2, 0.25) is 0 Å². The highest BCUT2D eigenvalue weighted by atomic mass is 19.1. The van der Waals surface area contributed by atoms with Gasteiger partial charge in [-0.3, -0.25) is 0 Å². The molecule has 9 heteroatoms. The van der Waals surface area contributed by atoms with Crippen molar-refractivity contribution in [2.45, 2.75) is 19.3 Å². The summed E-state index contributed by atoms with van der Waals surface area (Å²) in [6, 6.07) is 14.0. The molecule has 0 radical (unpaired) electrons. The third-order valence-electron chi connectivity index (χ3n) is 5.89. The molecule has 4 rings (SSSR count). The molecule has 0 saturated carbocycles. The average molecular weight is 438 g/mol. The summed E-state index contributed by atoms with van der Waals surface area (Å²) >= 11 is 0. The van der Waals surface area contributed by atoms with Gasteiger partial charge in [-0.05, 0) is 78.5 Å². The predicted molar refractivity (Wildman–Crippen MR) is 121 cm³/mol. The summed E-state index contributed by atoms with van der Waals surface area (Å²) in [5, 5.41) is 17.4. The molecule has 0 spiro atoms. The van der Waals surface area contributed by atoms with Gasteiger partial charge in [0.05, 0.1) is 0 Å². The molecule has 0 aliphatic carbocycles. The Hall–Kier alpha value is -3.33. The maximum atomic E-state index is 13.0. The molecule has 2 amide bonds. The van der Waals surface area contributed by atoms with Gasteiger partial charge in [-0.25, -0.2) is 13.9 Å². The maximum absolute atomic E-state index is 13.0. The SMILES string of the molecule is Cn1nnnc1-c1cccc(NC(=O)NCC2CCN(CCc3ccc(F)cc3)CC2)c1. The van der Waals surface area contributed by atoms with E-state index in [1.54, 1.807) is 11.7 Å². The predicted octanol–water partition coefficient (Wildman–Crippen LogP) is 3.09. The lowest BCUT2D eigenvalue weighted by molar-refractivity contribution is 0.184. The smallest absolute Gasteiger partial charge is 0.319 e. The second-order valence-electron chi connectivity index (χ2n) is 8.20. The monoisotopic (exact) mass is 437 g/mol. The normalized spacial score (nSPS) is 14.9. The van der Waals surface area contributed by atoms with Crippen LogP contribution in [0.15, 0.2) is 48.5 Å². The Morgan fingerprint density at radius 1 is 1.16 bits per heavy atom. The van der Waals surface area contributed by atoms with Gasteiger partial charge in [0.1, 0.15) is 5.82 Å². The number of tetrazole rings is 1. The van der Waals surface area contributed by atoms with E-state index in [-0.39, 0.29) is 11.8 Å². The van der Waals surface area contributed by atoms with Crippen LogP contribution in [-0.2, 0) is 13.5 Å². The van der Waals surface area contributed by atoms with Gasteiger partial charge in [-0.2, -0.15) is 0 Å². The fourth-order valence-corrected chi connectivity index (χ4v) is 3.97. The topological polar surface area (TPSA) is 88.0 Å². The Morgan fingerprint density at radius 3 is 2.66 bits per heavy atom. The highest BCUT2D eigenvalue weighted by Crippen LogP contribution is 2.20. The lowest BCUT2D eigenvalue weighted by Crippen LogP contribution is -2.40. The molecular weight excluding hydrogens is 409 g/mol. The van der Waals surface area contributed by atoms with Gasteiger partial charge in [0.25, 0.3) is 0 Å². The quantitative estimate of drug-likeness (QED) is 0.593. The van der Waals surface area contributed by atoms with Crippen LogP contribution in [0, 0.1) is 11.7 Å². The fraction of sp³-hybridized carbons (Fsp3) is 0.391. The number of aromatic nitrogens is 4. The first-order valence-corrected chi connectivity index (χ1v) is 10.9. The minimum atomic E-state index is -0.211. The molecule has 1 saturated heterocycles. The van der Waals surface area contributed by atoms with E-state index in [2.05, 4.69) is 31.1 Å². The Balaban J connectivity index is 1.18. The van der Waals surface area contributed by atoms with E-state index in [0.29, 0.717) is 24.0 Å². The number of hydrogen-bond donors (Lipinski definition) is 2. The number of halogens is 1. The number of aryl methyl sites for hydroxylation is 1. The van der Waals surface area contributed by atoms with Crippen molar-refractivity contribution in [1.29, 1.82) is 0 Å². The van der Waals surface area contributed by atoms with E-state index in [4.69, 9.17) is 0 Å². The Bertz CT molecular complexity index is 1030. The molecule has 0 atom stereocenters. The van der Waals surface area contributed by atoms with E-state index >= 15 is 0 Å². The van der Waals surface area contributed by atoms with Gasteiger partial charge in [-0.15, -0.1) is 5.10 Å². The van der Waals surface area contributed by atoms with E-state index < -0.39 is 0 Å². The van der Waals surface area contributed by atoms with Crippen molar-refractivity contribution in [3.8, 4) is 11.4 Å². The van der Waals surface area contributed by atoms with Crippen LogP contribution < -0.4 is 10.6 Å². The summed E-state index contributed by atoms with van der Waals surface area (Å²) in [6.45, 7) is 3.67. The van der Waals surface area contributed by atoms with Gasteiger partial charge in [0, 0.05) is 31.4 Å². The zero-order valence-corrected chi connectivity index (χ0v) is 18.2. The molecule has 1 fully saturated rings. The number of likely N-dealkylation sites (tertiary alicyclic amines) is 1. The number of hydrogen-bond acceptors (Lipinski definition) is 5. The van der Waals surface area contributed by atoms with Crippen LogP contribution in [0.4, 0.5) is 14.9 Å². The molecule has 2 heterocycles. The van der Waals surface area contributed by atoms with Crippen LogP contribution in [-0.4, -0.2) is 57.3 Å². The molecule has 2 aromatic carbocycles. The Kier molecular flexibility index (Phi) is 7.06. The minimum absolute atomic E-state index is 0.193. The molecule has 1 aliphatic heterocycles. The number of amides is 2. The fourth-order valence-electron chi connectivity index (χ4n) is 3.97. The largest absolute Gasteiger partial charge is 0.338 e. The second-order valence-corrected chi connectivity index (χ2v) is 8.20. The van der Waals surface area contributed by atoms with Crippen molar-refractivity contribution >= 4 is 11.7 Å². The van der Waals surface area contributed by atoms with Crippen LogP contribution in [0.1, 0.15) is 18.4 Å². The van der Waals surface area contributed by atoms with E-state index in [9.17, 15) is 9.18 Å². The third kappa shape index (κ3) is 5.88. The Labute approximate surface area is 186 Å². The Morgan fingerprint density at radius 2 is 1.94 bits per heavy atom. The van der Waals surface area contributed by atoms with Crippen molar-refractivity contribution in [1.82, 2.24) is 30.4 Å². The molecule has 8 nitrogen and oxygen atoms in total. The highest BCUT2D eigenvalue weighted by Gasteiger charge is 2.19. The van der Waals surface area contributed by atoms with Crippen molar-refractivity contribution in [3.05, 3.63) is 59.9 Å². The van der Waals surface area contributed by atoms with E-state index in [1.165, 1.54) is 12.1 Å². The van der Waals surface area contributed by atoms with Gasteiger partial charge in [-0.1, -0.05) is 24.3 Å². The molecule has 32 heavy (non-hydrogen) atoms. The summed E-state index contributed by atoms with van der Waals surface area (Å²) < 4.78 is 14.6. The number of benzene rings is 2. The third-order valence-corrected chi connectivity index (χ3v) is 5.89. The number of anilines is 1. The van der Waals surface area contributed by atoms with Crippen LogP contribution >= 0.6 is 0 Å². The van der Waals surface area contributed by atoms with Crippen molar-refractivity contribution in [2.24, 2.45) is 13.0 Å². The van der Waals surface area contributed by atoms with E-state index in [0.717, 1.165) is 50.0 Å². The first kappa shape index (κ1) is 21.9. The molecule has 2 N–H and O–H groups in total. The van der Waals surface area contributed by atoms with Gasteiger partial charge >= 0.3 is 6.03 Å². The van der Waals surface area contributed by atoms with Crippen LogP contribution in [0.5, 0.6) is 0 Å². The minimum Gasteiger partial charge on any atom is -0.338 e. The van der Waals surface area contributed by atoms with Crippen molar-refractivity contribution in [2.75, 3.05) is 31.5 Å². The maximum Gasteiger partial charge on any atom is 0.319 e. The number of piperidine rings is 1. The number of carbonyl (C=O) groups is 1. The highest BCUT2D eigenvalue weighted by molar-refractivity contribution is 5.89. The van der Waals surface area contributed by atoms with Gasteiger partial charge in [0.2, 0.25) is 0 Å². The zero-order valence-electron chi connectivity index (χ0n) is 18.2. The molecular formula is C23H28FN7O. The number of nitrogens with zero attached hydrogens (tertiary/aromatic N) is 5. The molecule has 1 aromatic heterocycles. The summed E-state index contributed by atoms with van der Waals surface area (Å²) in [5.41, 5.74) is 2.69. The summed E-state index contributed by atoms with van der Waals surface area (Å²) in [7, 11) is 1.77. The van der Waals surface area contributed by atoms with Gasteiger partial charge < -0.3 is 15.5 Å². The number of nitrogens with one attached hydrogen (secondary N) is 2. The zero-order chi connectivity index (χ0) is 22.3. The van der Waals surface area contributed by atoms with Crippen molar-refractivity contribution < 1.29 is 9.18 Å². The number of urea groups is 1. The summed E-state index contributed by atoms with van der Waals surface area (Å²) in [4.78, 5) is 14.8. The lowest BCUT2D eigenvalue weighted by Gasteiger charge is -2.32. The molecule has 168 valence electrons. The molecule has 3 aromatic rings. The second kappa shape index (κ2) is 10.3. The molecule has 0 unspecified atom stereocenters. The summed E-state index contributed by atoms with van der Waals surface area (Å²) in [6.07, 6.45) is 3.03. The lowest BCUT2D eigenvalue weighted by atomic mass is 9.96. The standard InChI is InChI=1S/C23H28FN7O/c1-30-22(27-28-29-30)19-3-2-4-21(15-19)26-23(32)25-16-18-10-13-31(14-11-18)12-9-17-5-7-20(24)8-6-17/h2-8,15,18H,9-14,16H2,1H3,(H2,25,26,32). The number of carbonyl (C=O) groups excluding carboxylic acids is 1. The van der Waals surface area contributed by atoms with Gasteiger partial charge in [0.15, 0.2) is 5.82 Å². The first-order valence-electron chi connectivity index (χ1n) is 10.9.